The quantitative estimate of drug-likeness (QED) is 0.791. The van der Waals surface area contributed by atoms with Gasteiger partial charge in [0.25, 0.3) is 0 Å². The van der Waals surface area contributed by atoms with Crippen molar-refractivity contribution in [1.29, 1.82) is 0 Å². The van der Waals surface area contributed by atoms with Gasteiger partial charge in [0.15, 0.2) is 0 Å². The molecule has 2 aromatic rings. The number of nitrogens with one attached hydrogen (secondary N) is 3. The van der Waals surface area contributed by atoms with Crippen molar-refractivity contribution in [3.05, 3.63) is 54.1 Å². The number of ether oxygens (including phenoxy) is 1. The number of amides is 2. The maximum absolute atomic E-state index is 12.0. The van der Waals surface area contributed by atoms with Crippen LogP contribution < -0.4 is 20.7 Å². The third kappa shape index (κ3) is 4.22. The first kappa shape index (κ1) is 14.9. The molecule has 0 atom stereocenters. The Morgan fingerprint density at radius 2 is 1.90 bits per heavy atom. The Balaban J connectivity index is 2.03. The van der Waals surface area contributed by atoms with Crippen LogP contribution in [-0.2, 0) is 6.54 Å². The van der Waals surface area contributed by atoms with E-state index in [0.717, 1.165) is 17.8 Å². The van der Waals surface area contributed by atoms with E-state index in [9.17, 15) is 4.79 Å². The fourth-order valence-corrected chi connectivity index (χ4v) is 2.00. The Morgan fingerprint density at radius 1 is 1.10 bits per heavy atom. The zero-order chi connectivity index (χ0) is 15.1. The Labute approximate surface area is 124 Å². The second-order valence-corrected chi connectivity index (χ2v) is 4.51. The zero-order valence-electron chi connectivity index (χ0n) is 12.1. The third-order valence-corrected chi connectivity index (χ3v) is 2.92. The number of benzene rings is 2. The topological polar surface area (TPSA) is 62.4 Å². The van der Waals surface area contributed by atoms with Crippen LogP contribution >= 0.6 is 0 Å². The van der Waals surface area contributed by atoms with E-state index in [1.165, 1.54) is 0 Å². The van der Waals surface area contributed by atoms with Gasteiger partial charge in [-0.2, -0.15) is 0 Å². The fourth-order valence-electron chi connectivity index (χ4n) is 2.00. The molecule has 0 aliphatic carbocycles. The van der Waals surface area contributed by atoms with Crippen LogP contribution in [0.15, 0.2) is 48.5 Å². The lowest BCUT2D eigenvalue weighted by molar-refractivity contribution is 0.262. The highest BCUT2D eigenvalue weighted by Crippen LogP contribution is 2.23. The lowest BCUT2D eigenvalue weighted by Gasteiger charge is -2.11. The second-order valence-electron chi connectivity index (χ2n) is 4.51. The van der Waals surface area contributed by atoms with Gasteiger partial charge < -0.3 is 20.7 Å². The molecule has 0 heterocycles. The Hall–Kier alpha value is -2.53. The monoisotopic (exact) mass is 285 g/mol. The van der Waals surface area contributed by atoms with Crippen molar-refractivity contribution in [1.82, 2.24) is 5.32 Å². The molecule has 5 heteroatoms. The summed E-state index contributed by atoms with van der Waals surface area (Å²) >= 11 is 0. The number of urea groups is 1. The molecule has 2 rings (SSSR count). The highest BCUT2D eigenvalue weighted by atomic mass is 16.5. The summed E-state index contributed by atoms with van der Waals surface area (Å²) in [5.41, 5.74) is 2.48. The molecule has 0 unspecified atom stereocenters. The van der Waals surface area contributed by atoms with Crippen LogP contribution in [-0.4, -0.2) is 20.2 Å². The summed E-state index contributed by atoms with van der Waals surface area (Å²) in [6.07, 6.45) is 0. The van der Waals surface area contributed by atoms with Crippen molar-refractivity contribution in [3.8, 4) is 5.75 Å². The zero-order valence-corrected chi connectivity index (χ0v) is 12.1. The molecule has 110 valence electrons. The molecule has 0 radical (unpaired) electrons. The van der Waals surface area contributed by atoms with Gasteiger partial charge >= 0.3 is 6.03 Å². The second kappa shape index (κ2) is 7.31. The molecule has 0 aromatic heterocycles. The number of anilines is 2. The van der Waals surface area contributed by atoms with Gasteiger partial charge in [-0.15, -0.1) is 0 Å². The van der Waals surface area contributed by atoms with Crippen molar-refractivity contribution < 1.29 is 9.53 Å². The van der Waals surface area contributed by atoms with Gasteiger partial charge in [-0.25, -0.2) is 4.79 Å². The highest BCUT2D eigenvalue weighted by Gasteiger charge is 2.07. The Bertz CT molecular complexity index is 614. The molecule has 0 saturated heterocycles. The van der Waals surface area contributed by atoms with Gasteiger partial charge in [0, 0.05) is 12.2 Å². The first-order valence-corrected chi connectivity index (χ1v) is 6.67. The summed E-state index contributed by atoms with van der Waals surface area (Å²) in [7, 11) is 3.45. The van der Waals surface area contributed by atoms with Gasteiger partial charge in [-0.1, -0.05) is 24.3 Å². The molecule has 0 bridgehead atoms. The van der Waals surface area contributed by atoms with Gasteiger partial charge in [0.2, 0.25) is 0 Å². The van der Waals surface area contributed by atoms with E-state index in [4.69, 9.17) is 4.74 Å². The molecule has 0 saturated carbocycles. The summed E-state index contributed by atoms with van der Waals surface area (Å²) in [4.78, 5) is 12.0. The number of methoxy groups -OCH3 is 1. The number of para-hydroxylation sites is 2. The maximum Gasteiger partial charge on any atom is 0.323 e. The van der Waals surface area contributed by atoms with Crippen molar-refractivity contribution in [2.24, 2.45) is 0 Å². The van der Waals surface area contributed by atoms with E-state index < -0.39 is 0 Å². The molecule has 5 nitrogen and oxygen atoms in total. The molecule has 0 fully saturated rings. The van der Waals surface area contributed by atoms with Crippen LogP contribution in [0.3, 0.4) is 0 Å². The predicted octanol–water partition coefficient (Wildman–Crippen LogP) is 3.06. The van der Waals surface area contributed by atoms with E-state index in [0.29, 0.717) is 11.4 Å². The summed E-state index contributed by atoms with van der Waals surface area (Å²) in [6, 6.07) is 14.7. The molecule has 0 aliphatic heterocycles. The Kier molecular flexibility index (Phi) is 5.17. The molecule has 21 heavy (non-hydrogen) atoms. The van der Waals surface area contributed by atoms with Crippen LogP contribution in [0, 0.1) is 0 Å². The van der Waals surface area contributed by atoms with Crippen molar-refractivity contribution in [2.75, 3.05) is 24.8 Å². The molecular weight excluding hydrogens is 266 g/mol. The minimum atomic E-state index is -0.305. The van der Waals surface area contributed by atoms with Crippen LogP contribution in [0.25, 0.3) is 0 Å². The highest BCUT2D eigenvalue weighted by molar-refractivity contribution is 6.00. The number of rotatable bonds is 5. The largest absolute Gasteiger partial charge is 0.495 e. The minimum absolute atomic E-state index is 0.305. The van der Waals surface area contributed by atoms with Crippen LogP contribution in [0.4, 0.5) is 16.2 Å². The smallest absolute Gasteiger partial charge is 0.323 e. The first-order valence-electron chi connectivity index (χ1n) is 6.67. The lowest BCUT2D eigenvalue weighted by atomic mass is 10.2. The van der Waals surface area contributed by atoms with Crippen LogP contribution in [0.2, 0.25) is 0 Å². The maximum atomic E-state index is 12.0. The van der Waals surface area contributed by atoms with E-state index in [-0.39, 0.29) is 6.03 Å². The summed E-state index contributed by atoms with van der Waals surface area (Å²) in [5, 5.41) is 8.65. The third-order valence-electron chi connectivity index (χ3n) is 2.92. The number of carbonyl (C=O) groups excluding carboxylic acids is 1. The molecule has 0 spiro atoms. The fraction of sp³-hybridized carbons (Fsp3) is 0.188. The minimum Gasteiger partial charge on any atom is -0.495 e. The molecule has 3 N–H and O–H groups in total. The average Bonchev–Trinajstić information content (AvgIpc) is 2.48. The molecule has 0 aliphatic rings. The van der Waals surface area contributed by atoms with Gasteiger partial charge in [-0.05, 0) is 36.9 Å². The van der Waals surface area contributed by atoms with E-state index in [2.05, 4.69) is 16.0 Å². The summed E-state index contributed by atoms with van der Waals surface area (Å²) in [5.74, 6) is 0.622. The van der Waals surface area contributed by atoms with E-state index >= 15 is 0 Å². The van der Waals surface area contributed by atoms with Gasteiger partial charge in [0.1, 0.15) is 5.75 Å². The first-order chi connectivity index (χ1) is 10.2. The number of hydrogen-bond donors (Lipinski definition) is 3. The molecule has 2 aromatic carbocycles. The molecular formula is C16H19N3O2. The summed E-state index contributed by atoms with van der Waals surface area (Å²) in [6.45, 7) is 0.754. The van der Waals surface area contributed by atoms with Crippen molar-refractivity contribution in [2.45, 2.75) is 6.54 Å². The lowest BCUT2D eigenvalue weighted by Crippen LogP contribution is -2.20. The van der Waals surface area contributed by atoms with E-state index in [1.807, 2.05) is 43.4 Å². The van der Waals surface area contributed by atoms with Crippen molar-refractivity contribution in [3.63, 3.8) is 0 Å². The number of hydrogen-bond acceptors (Lipinski definition) is 3. The van der Waals surface area contributed by atoms with Gasteiger partial charge in [0.05, 0.1) is 12.8 Å². The van der Waals surface area contributed by atoms with Crippen LogP contribution in [0.5, 0.6) is 5.75 Å². The van der Waals surface area contributed by atoms with Crippen LogP contribution in [0.1, 0.15) is 5.56 Å². The predicted molar refractivity (Wildman–Crippen MR) is 84.8 cm³/mol. The summed E-state index contributed by atoms with van der Waals surface area (Å²) < 4.78 is 5.20. The number of carbonyl (C=O) groups is 1. The SMILES string of the molecule is CNCc1cccc(NC(=O)Nc2ccccc2OC)c1. The average molecular weight is 285 g/mol. The Morgan fingerprint density at radius 3 is 2.67 bits per heavy atom. The van der Waals surface area contributed by atoms with Crippen molar-refractivity contribution >= 4 is 17.4 Å². The standard InChI is InChI=1S/C16H19N3O2/c1-17-11-12-6-5-7-13(10-12)18-16(20)19-14-8-3-4-9-15(14)21-2/h3-10,17H,11H2,1-2H3,(H2,18,19,20). The normalized spacial score (nSPS) is 10.0. The molecule has 2 amide bonds. The van der Waals surface area contributed by atoms with Gasteiger partial charge in [-0.3, -0.25) is 0 Å². The van der Waals surface area contributed by atoms with E-state index in [1.54, 1.807) is 19.2 Å².